The Bertz CT molecular complexity index is 1730. The van der Waals surface area contributed by atoms with Gasteiger partial charge in [-0.25, -0.2) is 32.7 Å². The molecule has 39 heavy (non-hydrogen) atoms. The number of hydrogen-bond donors (Lipinski definition) is 0. The van der Waals surface area contributed by atoms with Crippen LogP contribution in [-0.4, -0.2) is 79.2 Å². The normalized spacial score (nSPS) is 14.5. The van der Waals surface area contributed by atoms with Gasteiger partial charge in [-0.15, -0.1) is 0 Å². The number of carbonyl (C=O) groups excluding carboxylic acids is 1. The van der Waals surface area contributed by atoms with Gasteiger partial charge in [-0.1, -0.05) is 0 Å². The van der Waals surface area contributed by atoms with Crippen molar-refractivity contribution in [1.29, 1.82) is 0 Å². The molecule has 0 spiro atoms. The van der Waals surface area contributed by atoms with Gasteiger partial charge in [-0.2, -0.15) is 10.2 Å². The number of aromatic nitrogens is 7. The van der Waals surface area contributed by atoms with Crippen LogP contribution < -0.4 is 4.74 Å². The van der Waals surface area contributed by atoms with E-state index in [4.69, 9.17) is 4.74 Å². The van der Waals surface area contributed by atoms with Crippen molar-refractivity contribution in [2.75, 3.05) is 19.3 Å². The molecule has 198 valence electrons. The molecule has 0 atom stereocenters. The van der Waals surface area contributed by atoms with Gasteiger partial charge < -0.3 is 9.64 Å². The van der Waals surface area contributed by atoms with Gasteiger partial charge in [0.25, 0.3) is 5.91 Å². The van der Waals surface area contributed by atoms with Crippen LogP contribution in [0.25, 0.3) is 22.5 Å². The molecule has 1 amide bonds. The van der Waals surface area contributed by atoms with Crippen LogP contribution in [0.15, 0.2) is 78.5 Å². The molecule has 1 saturated heterocycles. The fourth-order valence-electron chi connectivity index (χ4n) is 4.51. The summed E-state index contributed by atoms with van der Waals surface area (Å²) in [6, 6.07) is 11.8. The topological polar surface area (TPSA) is 138 Å². The van der Waals surface area contributed by atoms with E-state index in [-0.39, 0.29) is 16.9 Å². The minimum Gasteiger partial charge on any atom is -0.474 e. The van der Waals surface area contributed by atoms with E-state index in [0.29, 0.717) is 59.9 Å². The van der Waals surface area contributed by atoms with Gasteiger partial charge in [0.1, 0.15) is 17.8 Å². The highest BCUT2D eigenvalue weighted by Gasteiger charge is 2.26. The van der Waals surface area contributed by atoms with Crippen molar-refractivity contribution in [2.24, 2.45) is 0 Å². The third-order valence-corrected chi connectivity index (χ3v) is 7.71. The number of pyridine rings is 1. The summed E-state index contributed by atoms with van der Waals surface area (Å²) in [5.41, 5.74) is 1.74. The molecule has 4 aromatic heterocycles. The van der Waals surface area contributed by atoms with Gasteiger partial charge in [-0.05, 0) is 42.5 Å². The second-order valence-corrected chi connectivity index (χ2v) is 11.2. The molecule has 0 saturated carbocycles. The highest BCUT2D eigenvalue weighted by atomic mass is 32.2. The summed E-state index contributed by atoms with van der Waals surface area (Å²) in [6.45, 7) is 1.09. The van der Waals surface area contributed by atoms with Crippen molar-refractivity contribution in [3.63, 3.8) is 0 Å². The number of benzene rings is 1. The number of amides is 1. The number of carbonyl (C=O) groups is 1. The van der Waals surface area contributed by atoms with E-state index in [9.17, 15) is 13.2 Å². The molecular formula is C26H24N8O4S. The van der Waals surface area contributed by atoms with Crippen molar-refractivity contribution < 1.29 is 17.9 Å². The monoisotopic (exact) mass is 544 g/mol. The van der Waals surface area contributed by atoms with Gasteiger partial charge in [0.05, 0.1) is 22.3 Å². The average Bonchev–Trinajstić information content (AvgIpc) is 3.64. The quantitative estimate of drug-likeness (QED) is 0.315. The molecule has 1 aliphatic rings. The Morgan fingerprint density at radius 2 is 1.77 bits per heavy atom. The second kappa shape index (κ2) is 9.91. The van der Waals surface area contributed by atoms with Gasteiger partial charge in [0.2, 0.25) is 5.88 Å². The highest BCUT2D eigenvalue weighted by molar-refractivity contribution is 7.90. The fraction of sp³-hybridized carbons (Fsp3) is 0.231. The molecule has 12 nitrogen and oxygen atoms in total. The third kappa shape index (κ3) is 4.95. The van der Waals surface area contributed by atoms with Crippen molar-refractivity contribution in [1.82, 2.24) is 39.4 Å². The number of fused-ring (bicyclic) bond motifs is 1. The van der Waals surface area contributed by atoms with E-state index >= 15 is 0 Å². The second-order valence-electron chi connectivity index (χ2n) is 9.20. The minimum absolute atomic E-state index is 0.0689. The van der Waals surface area contributed by atoms with Crippen LogP contribution in [0, 0.1) is 0 Å². The predicted octanol–water partition coefficient (Wildman–Crippen LogP) is 2.48. The minimum atomic E-state index is -3.30. The van der Waals surface area contributed by atoms with Crippen LogP contribution in [0.1, 0.15) is 23.2 Å². The SMILES string of the molecule is CS(=O)(=O)c1ccc(-n2ncc3c(OC4CCN(C(=O)c5ccc(-n6cccn6)nc5)CC4)ncnc32)cc1. The van der Waals surface area contributed by atoms with Gasteiger partial charge >= 0.3 is 0 Å². The van der Waals surface area contributed by atoms with Crippen molar-refractivity contribution in [3.05, 3.63) is 79.1 Å². The number of hydrogen-bond acceptors (Lipinski definition) is 9. The molecule has 0 aliphatic carbocycles. The highest BCUT2D eigenvalue weighted by Crippen LogP contribution is 2.27. The number of rotatable bonds is 6. The molecule has 0 N–H and O–H groups in total. The van der Waals surface area contributed by atoms with Crippen LogP contribution in [0.5, 0.6) is 5.88 Å². The van der Waals surface area contributed by atoms with Crippen molar-refractivity contribution >= 4 is 26.8 Å². The van der Waals surface area contributed by atoms with Crippen LogP contribution in [0.3, 0.4) is 0 Å². The van der Waals surface area contributed by atoms with Crippen molar-refractivity contribution in [2.45, 2.75) is 23.8 Å². The van der Waals surface area contributed by atoms with E-state index in [1.807, 2.05) is 6.07 Å². The Morgan fingerprint density at radius 3 is 2.44 bits per heavy atom. The molecule has 0 radical (unpaired) electrons. The number of ether oxygens (including phenoxy) is 1. The molecule has 1 aliphatic heterocycles. The van der Waals surface area contributed by atoms with E-state index in [2.05, 4.69) is 25.1 Å². The van der Waals surface area contributed by atoms with Crippen LogP contribution >= 0.6 is 0 Å². The Balaban J connectivity index is 1.12. The first-order valence-corrected chi connectivity index (χ1v) is 14.2. The molecule has 5 heterocycles. The summed E-state index contributed by atoms with van der Waals surface area (Å²) in [4.78, 5) is 28.1. The molecule has 1 aromatic carbocycles. The maximum Gasteiger partial charge on any atom is 0.255 e. The Labute approximate surface area is 223 Å². The first kappa shape index (κ1) is 24.7. The van der Waals surface area contributed by atoms with Gasteiger partial charge in [-0.3, -0.25) is 4.79 Å². The molecule has 0 unspecified atom stereocenters. The summed E-state index contributed by atoms with van der Waals surface area (Å²) in [5.74, 6) is 0.997. The first-order valence-electron chi connectivity index (χ1n) is 12.3. The number of likely N-dealkylation sites (tertiary alicyclic amines) is 1. The summed E-state index contributed by atoms with van der Waals surface area (Å²) in [6.07, 6.45) is 10.4. The third-order valence-electron chi connectivity index (χ3n) is 6.58. The summed E-state index contributed by atoms with van der Waals surface area (Å²) < 4.78 is 33.0. The van der Waals surface area contributed by atoms with Crippen LogP contribution in [0.2, 0.25) is 0 Å². The zero-order valence-electron chi connectivity index (χ0n) is 21.0. The summed E-state index contributed by atoms with van der Waals surface area (Å²) in [5, 5.41) is 9.22. The molecule has 1 fully saturated rings. The summed E-state index contributed by atoms with van der Waals surface area (Å²) >= 11 is 0. The lowest BCUT2D eigenvalue weighted by atomic mass is 10.1. The van der Waals surface area contributed by atoms with E-state index < -0.39 is 9.84 Å². The van der Waals surface area contributed by atoms with Gasteiger partial charge in [0.15, 0.2) is 21.3 Å². The van der Waals surface area contributed by atoms with Crippen LogP contribution in [-0.2, 0) is 9.84 Å². The zero-order valence-corrected chi connectivity index (χ0v) is 21.8. The number of sulfone groups is 1. The number of nitrogens with zero attached hydrogens (tertiary/aromatic N) is 8. The smallest absolute Gasteiger partial charge is 0.255 e. The fourth-order valence-corrected chi connectivity index (χ4v) is 5.14. The van der Waals surface area contributed by atoms with E-state index in [1.165, 1.54) is 24.7 Å². The van der Waals surface area contributed by atoms with Gasteiger partial charge in [0, 0.05) is 50.8 Å². The van der Waals surface area contributed by atoms with Crippen molar-refractivity contribution in [3.8, 4) is 17.4 Å². The Morgan fingerprint density at radius 1 is 0.974 bits per heavy atom. The lowest BCUT2D eigenvalue weighted by Gasteiger charge is -2.32. The Hall–Kier alpha value is -4.65. The number of piperidine rings is 1. The molecule has 0 bridgehead atoms. The zero-order chi connectivity index (χ0) is 27.0. The van der Waals surface area contributed by atoms with Crippen LogP contribution in [0.4, 0.5) is 0 Å². The first-order chi connectivity index (χ1) is 18.9. The maximum atomic E-state index is 13.0. The molecular weight excluding hydrogens is 520 g/mol. The largest absolute Gasteiger partial charge is 0.474 e. The maximum absolute atomic E-state index is 13.0. The predicted molar refractivity (Wildman–Crippen MR) is 141 cm³/mol. The summed E-state index contributed by atoms with van der Waals surface area (Å²) in [7, 11) is -3.30. The van der Waals surface area contributed by atoms with E-state index in [0.717, 1.165) is 0 Å². The standard InChI is InChI=1S/C26H24N8O4S/c1-39(36,37)21-6-4-19(5-7-21)34-24-22(16-31-34)25(29-17-28-24)38-20-9-13-32(14-10-20)26(35)18-3-8-23(27-15-18)33-12-2-11-30-33/h2-8,11-12,15-17,20H,9-10,13-14H2,1H3. The van der Waals surface area contributed by atoms with E-state index in [1.54, 1.807) is 63.3 Å². The Kier molecular flexibility index (Phi) is 6.27. The average molecular weight is 545 g/mol. The lowest BCUT2D eigenvalue weighted by Crippen LogP contribution is -2.41. The molecule has 5 aromatic rings. The lowest BCUT2D eigenvalue weighted by molar-refractivity contribution is 0.0590. The molecule has 13 heteroatoms. The molecule has 6 rings (SSSR count).